The van der Waals surface area contributed by atoms with Crippen molar-refractivity contribution in [3.05, 3.63) is 0 Å². The molecule has 2 atom stereocenters. The van der Waals surface area contributed by atoms with E-state index in [1.54, 1.807) is 0 Å². The van der Waals surface area contributed by atoms with Gasteiger partial charge < -0.3 is 5.32 Å². The lowest BCUT2D eigenvalue weighted by molar-refractivity contribution is 0.0215. The Morgan fingerprint density at radius 3 is 2.38 bits per heavy atom. The van der Waals surface area contributed by atoms with Gasteiger partial charge in [-0.15, -0.1) is 0 Å². The molecule has 0 aromatic rings. The van der Waals surface area contributed by atoms with Gasteiger partial charge in [-0.3, -0.25) is 9.80 Å². The van der Waals surface area contributed by atoms with Crippen LogP contribution in [0.1, 0.15) is 60.3 Å². The highest BCUT2D eigenvalue weighted by Crippen LogP contribution is 2.37. The summed E-state index contributed by atoms with van der Waals surface area (Å²) < 4.78 is 0. The maximum atomic E-state index is 3.84. The molecule has 2 aliphatic rings. The van der Waals surface area contributed by atoms with Gasteiger partial charge in [-0.25, -0.2) is 0 Å². The van der Waals surface area contributed by atoms with Gasteiger partial charge >= 0.3 is 0 Å². The Kier molecular flexibility index (Phi) is 6.10. The van der Waals surface area contributed by atoms with Crippen LogP contribution in [0, 0.1) is 5.41 Å². The van der Waals surface area contributed by atoms with Gasteiger partial charge in [0.2, 0.25) is 0 Å². The zero-order valence-corrected chi connectivity index (χ0v) is 15.0. The summed E-state index contributed by atoms with van der Waals surface area (Å²) in [6.07, 6.45) is 5.32. The molecule has 1 aliphatic carbocycles. The van der Waals surface area contributed by atoms with Crippen LogP contribution in [0.25, 0.3) is 0 Å². The van der Waals surface area contributed by atoms with Crippen LogP contribution in [0.2, 0.25) is 0 Å². The Balaban J connectivity index is 1.96. The molecule has 124 valence electrons. The van der Waals surface area contributed by atoms with Gasteiger partial charge in [0.25, 0.3) is 0 Å². The Bertz CT molecular complexity index is 306. The Labute approximate surface area is 132 Å². The fourth-order valence-electron chi connectivity index (χ4n) is 4.09. The van der Waals surface area contributed by atoms with E-state index in [2.05, 4.69) is 49.7 Å². The van der Waals surface area contributed by atoms with Gasteiger partial charge in [-0.2, -0.15) is 0 Å². The molecular formula is C18H37N3. The topological polar surface area (TPSA) is 18.5 Å². The standard InChI is InChI=1S/C18H37N3/c1-6-9-19-16-7-8-18(4,5)14-17(16)21-12-10-20(11-13-21)15(2)3/h15-17,19H,6-14H2,1-5H3. The van der Waals surface area contributed by atoms with E-state index in [1.807, 2.05) is 0 Å². The van der Waals surface area contributed by atoms with Crippen LogP contribution < -0.4 is 5.32 Å². The summed E-state index contributed by atoms with van der Waals surface area (Å²) in [6, 6.07) is 2.15. The van der Waals surface area contributed by atoms with Gasteiger partial charge in [-0.1, -0.05) is 20.8 Å². The van der Waals surface area contributed by atoms with Crippen LogP contribution in [0.15, 0.2) is 0 Å². The fourth-order valence-corrected chi connectivity index (χ4v) is 4.09. The predicted molar refractivity (Wildman–Crippen MR) is 91.8 cm³/mol. The molecule has 0 aromatic carbocycles. The van der Waals surface area contributed by atoms with Crippen molar-refractivity contribution in [3.63, 3.8) is 0 Å². The minimum atomic E-state index is 0.518. The number of hydrogen-bond donors (Lipinski definition) is 1. The van der Waals surface area contributed by atoms with Crippen molar-refractivity contribution in [1.29, 1.82) is 0 Å². The maximum Gasteiger partial charge on any atom is 0.0255 e. The molecule has 1 saturated heterocycles. The van der Waals surface area contributed by atoms with Gasteiger partial charge in [0, 0.05) is 44.3 Å². The van der Waals surface area contributed by atoms with Crippen LogP contribution in [0.3, 0.4) is 0 Å². The van der Waals surface area contributed by atoms with Crippen molar-refractivity contribution in [2.45, 2.75) is 78.4 Å². The molecule has 1 N–H and O–H groups in total. The third-order valence-electron chi connectivity index (χ3n) is 5.56. The van der Waals surface area contributed by atoms with Crippen molar-refractivity contribution < 1.29 is 0 Å². The van der Waals surface area contributed by atoms with Crippen molar-refractivity contribution in [1.82, 2.24) is 15.1 Å². The van der Waals surface area contributed by atoms with E-state index in [0.29, 0.717) is 17.5 Å². The van der Waals surface area contributed by atoms with Crippen LogP contribution in [0.4, 0.5) is 0 Å². The van der Waals surface area contributed by atoms with Crippen LogP contribution >= 0.6 is 0 Å². The second kappa shape index (κ2) is 7.43. The summed E-state index contributed by atoms with van der Waals surface area (Å²) >= 11 is 0. The lowest BCUT2D eigenvalue weighted by Crippen LogP contribution is -2.60. The minimum absolute atomic E-state index is 0.518. The average Bonchev–Trinajstić information content (AvgIpc) is 2.45. The van der Waals surface area contributed by atoms with Gasteiger partial charge in [-0.05, 0) is 51.5 Å². The number of nitrogens with one attached hydrogen (secondary N) is 1. The Morgan fingerprint density at radius 2 is 1.81 bits per heavy atom. The quantitative estimate of drug-likeness (QED) is 0.841. The zero-order valence-electron chi connectivity index (χ0n) is 15.0. The molecule has 2 fully saturated rings. The normalized spacial score (nSPS) is 31.7. The molecule has 3 heteroatoms. The average molecular weight is 296 g/mol. The van der Waals surface area contributed by atoms with Crippen molar-refractivity contribution >= 4 is 0 Å². The molecule has 2 unspecified atom stereocenters. The molecule has 21 heavy (non-hydrogen) atoms. The first-order chi connectivity index (χ1) is 9.93. The summed E-state index contributed by atoms with van der Waals surface area (Å²) in [4.78, 5) is 5.41. The Hall–Kier alpha value is -0.120. The Morgan fingerprint density at radius 1 is 1.14 bits per heavy atom. The van der Waals surface area contributed by atoms with E-state index in [-0.39, 0.29) is 0 Å². The summed E-state index contributed by atoms with van der Waals surface area (Å²) in [7, 11) is 0. The van der Waals surface area contributed by atoms with Crippen molar-refractivity contribution in [2.24, 2.45) is 5.41 Å². The second-order valence-electron chi connectivity index (χ2n) is 8.20. The third kappa shape index (κ3) is 4.67. The van der Waals surface area contributed by atoms with Crippen LogP contribution in [0.5, 0.6) is 0 Å². The van der Waals surface area contributed by atoms with Gasteiger partial charge in [0.1, 0.15) is 0 Å². The van der Waals surface area contributed by atoms with E-state index >= 15 is 0 Å². The lowest BCUT2D eigenvalue weighted by atomic mass is 9.72. The number of nitrogens with zero attached hydrogens (tertiary/aromatic N) is 2. The largest absolute Gasteiger partial charge is 0.312 e. The number of hydrogen-bond acceptors (Lipinski definition) is 3. The van der Waals surface area contributed by atoms with Gasteiger partial charge in [0.05, 0.1) is 0 Å². The highest BCUT2D eigenvalue weighted by molar-refractivity contribution is 4.95. The molecule has 0 radical (unpaired) electrons. The maximum absolute atomic E-state index is 3.84. The van der Waals surface area contributed by atoms with Crippen LogP contribution in [-0.4, -0.2) is 60.6 Å². The van der Waals surface area contributed by atoms with E-state index in [4.69, 9.17) is 0 Å². The smallest absolute Gasteiger partial charge is 0.0255 e. The van der Waals surface area contributed by atoms with Crippen molar-refractivity contribution in [3.8, 4) is 0 Å². The van der Waals surface area contributed by atoms with Crippen LogP contribution in [-0.2, 0) is 0 Å². The third-order valence-corrected chi connectivity index (χ3v) is 5.56. The number of rotatable bonds is 5. The molecular weight excluding hydrogens is 258 g/mol. The molecule has 1 saturated carbocycles. The highest BCUT2D eigenvalue weighted by atomic mass is 15.3. The van der Waals surface area contributed by atoms with Gasteiger partial charge in [0.15, 0.2) is 0 Å². The summed E-state index contributed by atoms with van der Waals surface area (Å²) in [5.41, 5.74) is 0.518. The fraction of sp³-hybridized carbons (Fsp3) is 1.00. The molecule has 0 amide bonds. The first kappa shape index (κ1) is 17.2. The predicted octanol–water partition coefficient (Wildman–Crippen LogP) is 2.96. The summed E-state index contributed by atoms with van der Waals surface area (Å²) in [5.74, 6) is 0. The molecule has 3 nitrogen and oxygen atoms in total. The van der Waals surface area contributed by atoms with Crippen molar-refractivity contribution in [2.75, 3.05) is 32.7 Å². The molecule has 0 spiro atoms. The monoisotopic (exact) mass is 295 g/mol. The molecule has 0 bridgehead atoms. The summed E-state index contributed by atoms with van der Waals surface area (Å²) in [6.45, 7) is 18.0. The zero-order chi connectivity index (χ0) is 15.5. The first-order valence-electron chi connectivity index (χ1n) is 9.14. The molecule has 1 heterocycles. The van der Waals surface area contributed by atoms with E-state index in [0.717, 1.165) is 6.04 Å². The SMILES string of the molecule is CCCNC1CCC(C)(C)CC1N1CCN(C(C)C)CC1. The first-order valence-corrected chi connectivity index (χ1v) is 9.14. The van der Waals surface area contributed by atoms with E-state index < -0.39 is 0 Å². The molecule has 0 aromatic heterocycles. The molecule has 1 aliphatic heterocycles. The second-order valence-corrected chi connectivity index (χ2v) is 8.20. The lowest BCUT2D eigenvalue weighted by Gasteiger charge is -2.49. The minimum Gasteiger partial charge on any atom is -0.312 e. The highest BCUT2D eigenvalue weighted by Gasteiger charge is 2.38. The van der Waals surface area contributed by atoms with E-state index in [9.17, 15) is 0 Å². The molecule has 2 rings (SSSR count). The number of piperazine rings is 1. The summed E-state index contributed by atoms with van der Waals surface area (Å²) in [5, 5.41) is 3.84. The van der Waals surface area contributed by atoms with E-state index in [1.165, 1.54) is 58.4 Å².